The van der Waals surface area contributed by atoms with Gasteiger partial charge in [-0.15, -0.1) is 5.06 Å². The van der Waals surface area contributed by atoms with Gasteiger partial charge in [0.15, 0.2) is 0 Å². The second-order valence-electron chi connectivity index (χ2n) is 7.25. The predicted molar refractivity (Wildman–Crippen MR) is 99.8 cm³/mol. The van der Waals surface area contributed by atoms with Crippen molar-refractivity contribution >= 4 is 11.8 Å². The number of hydrogen-bond donors (Lipinski definition) is 0. The van der Waals surface area contributed by atoms with E-state index in [1.54, 1.807) is 17.2 Å². The van der Waals surface area contributed by atoms with Crippen LogP contribution in [0.3, 0.4) is 0 Å². The molecule has 0 saturated carbocycles. The Morgan fingerprint density at radius 3 is 2.15 bits per heavy atom. The number of rotatable bonds is 5. The Morgan fingerprint density at radius 2 is 1.52 bits per heavy atom. The van der Waals surface area contributed by atoms with Crippen molar-refractivity contribution in [1.82, 2.24) is 5.06 Å². The van der Waals surface area contributed by atoms with Crippen molar-refractivity contribution in [3.05, 3.63) is 71.8 Å². The standard InChI is InChI=1S/C22H23NO4/c24-20-11-18-13-21(26-15-16-7-3-1-4-8-16)14-19(12-20)23(18)27-22(25)17-9-5-2-6-10-17/h1-10,18-19,21H,11-15H2. The van der Waals surface area contributed by atoms with Crippen LogP contribution in [0.4, 0.5) is 0 Å². The fourth-order valence-corrected chi connectivity index (χ4v) is 3.96. The number of ketones is 1. The Morgan fingerprint density at radius 1 is 0.926 bits per heavy atom. The predicted octanol–water partition coefficient (Wildman–Crippen LogP) is 3.54. The summed E-state index contributed by atoms with van der Waals surface area (Å²) in [5.74, 6) is -0.137. The van der Waals surface area contributed by atoms with Crippen molar-refractivity contribution in [2.45, 2.75) is 50.5 Å². The lowest BCUT2D eigenvalue weighted by Crippen LogP contribution is -2.56. The van der Waals surface area contributed by atoms with Crippen LogP contribution in [0.25, 0.3) is 0 Å². The van der Waals surface area contributed by atoms with Crippen LogP contribution in [0.15, 0.2) is 60.7 Å². The summed E-state index contributed by atoms with van der Waals surface area (Å²) >= 11 is 0. The summed E-state index contributed by atoms with van der Waals surface area (Å²) < 4.78 is 6.10. The van der Waals surface area contributed by atoms with Gasteiger partial charge < -0.3 is 9.57 Å². The lowest BCUT2D eigenvalue weighted by Gasteiger charge is -2.45. The summed E-state index contributed by atoms with van der Waals surface area (Å²) in [5, 5.41) is 1.75. The first kappa shape index (κ1) is 17.9. The largest absolute Gasteiger partial charge is 0.373 e. The average Bonchev–Trinajstić information content (AvgIpc) is 2.68. The third-order valence-corrected chi connectivity index (χ3v) is 5.24. The molecule has 0 radical (unpaired) electrons. The number of fused-ring (bicyclic) bond motifs is 2. The number of piperidine rings is 2. The van der Waals surface area contributed by atoms with Gasteiger partial charge in [0, 0.05) is 12.8 Å². The topological polar surface area (TPSA) is 55.8 Å². The van der Waals surface area contributed by atoms with Gasteiger partial charge in [0.2, 0.25) is 0 Å². The summed E-state index contributed by atoms with van der Waals surface area (Å²) in [6, 6.07) is 18.8. The van der Waals surface area contributed by atoms with E-state index in [0.29, 0.717) is 37.9 Å². The van der Waals surface area contributed by atoms with E-state index in [9.17, 15) is 9.59 Å². The fraction of sp³-hybridized carbons (Fsp3) is 0.364. The van der Waals surface area contributed by atoms with Crippen molar-refractivity contribution < 1.29 is 19.2 Å². The molecule has 2 aromatic carbocycles. The van der Waals surface area contributed by atoms with Gasteiger partial charge >= 0.3 is 5.97 Å². The molecule has 0 aliphatic carbocycles. The van der Waals surface area contributed by atoms with Crippen LogP contribution in [-0.4, -0.2) is 35.0 Å². The van der Waals surface area contributed by atoms with Crippen molar-refractivity contribution in [2.24, 2.45) is 0 Å². The lowest BCUT2D eigenvalue weighted by atomic mass is 9.84. The van der Waals surface area contributed by atoms with E-state index < -0.39 is 0 Å². The third-order valence-electron chi connectivity index (χ3n) is 5.24. The first-order chi connectivity index (χ1) is 13.2. The van der Waals surface area contributed by atoms with Crippen molar-refractivity contribution in [2.75, 3.05) is 0 Å². The normalized spacial score (nSPS) is 25.2. The summed E-state index contributed by atoms with van der Waals surface area (Å²) in [5.41, 5.74) is 1.65. The minimum atomic E-state index is -0.372. The van der Waals surface area contributed by atoms with E-state index in [-0.39, 0.29) is 29.9 Å². The Bertz CT molecular complexity index is 774. The molecule has 2 aliphatic rings. The molecule has 2 atom stereocenters. The van der Waals surface area contributed by atoms with Crippen molar-refractivity contribution in [1.29, 1.82) is 0 Å². The summed E-state index contributed by atoms with van der Waals surface area (Å²) in [7, 11) is 0. The van der Waals surface area contributed by atoms with Crippen molar-refractivity contribution in [3.8, 4) is 0 Å². The minimum absolute atomic E-state index is 0.0694. The highest BCUT2D eigenvalue weighted by Gasteiger charge is 2.44. The zero-order valence-corrected chi connectivity index (χ0v) is 15.1. The van der Waals surface area contributed by atoms with Crippen LogP contribution in [0.2, 0.25) is 0 Å². The summed E-state index contributed by atoms with van der Waals surface area (Å²) in [6.07, 6.45) is 2.27. The molecule has 0 aromatic heterocycles. The van der Waals surface area contributed by atoms with Crippen LogP contribution in [0, 0.1) is 0 Å². The molecular formula is C22H23NO4. The molecule has 2 fully saturated rings. The van der Waals surface area contributed by atoms with E-state index in [0.717, 1.165) is 5.56 Å². The van der Waals surface area contributed by atoms with Crippen LogP contribution in [0.1, 0.15) is 41.6 Å². The molecule has 5 nitrogen and oxygen atoms in total. The zero-order chi connectivity index (χ0) is 18.6. The van der Waals surface area contributed by atoms with Crippen LogP contribution in [-0.2, 0) is 21.0 Å². The highest BCUT2D eigenvalue weighted by Crippen LogP contribution is 2.34. The molecule has 27 heavy (non-hydrogen) atoms. The number of ether oxygens (including phenoxy) is 1. The molecule has 0 spiro atoms. The monoisotopic (exact) mass is 365 g/mol. The molecular weight excluding hydrogens is 342 g/mol. The van der Waals surface area contributed by atoms with Crippen molar-refractivity contribution in [3.63, 3.8) is 0 Å². The number of carbonyl (C=O) groups excluding carboxylic acids is 2. The van der Waals surface area contributed by atoms with Gasteiger partial charge in [-0.1, -0.05) is 48.5 Å². The maximum absolute atomic E-state index is 12.4. The molecule has 0 amide bonds. The van der Waals surface area contributed by atoms with E-state index in [1.807, 2.05) is 48.5 Å². The second-order valence-corrected chi connectivity index (χ2v) is 7.25. The number of hydrogen-bond acceptors (Lipinski definition) is 5. The number of Topliss-reactive ketones (excluding diaryl/α,β-unsaturated/α-hetero) is 1. The molecule has 2 bridgehead atoms. The van der Waals surface area contributed by atoms with E-state index >= 15 is 0 Å². The fourth-order valence-electron chi connectivity index (χ4n) is 3.96. The Labute approximate surface area is 158 Å². The number of hydroxylamine groups is 2. The second kappa shape index (κ2) is 8.03. The maximum Gasteiger partial charge on any atom is 0.357 e. The number of benzene rings is 2. The smallest absolute Gasteiger partial charge is 0.357 e. The van der Waals surface area contributed by atoms with Crippen LogP contribution < -0.4 is 0 Å². The number of carbonyl (C=O) groups is 2. The van der Waals surface area contributed by atoms with E-state index in [2.05, 4.69) is 0 Å². The molecule has 2 unspecified atom stereocenters. The van der Waals surface area contributed by atoms with Gasteiger partial charge in [0.25, 0.3) is 0 Å². The molecule has 5 heteroatoms. The van der Waals surface area contributed by atoms with Gasteiger partial charge in [-0.3, -0.25) is 4.79 Å². The summed E-state index contributed by atoms with van der Waals surface area (Å²) in [4.78, 5) is 30.2. The lowest BCUT2D eigenvalue weighted by molar-refractivity contribution is -0.215. The quantitative estimate of drug-likeness (QED) is 0.811. The van der Waals surface area contributed by atoms with Gasteiger partial charge in [-0.05, 0) is 30.5 Å². The van der Waals surface area contributed by atoms with Gasteiger partial charge in [-0.2, -0.15) is 0 Å². The SMILES string of the molecule is O=C1CC2CC(OCc3ccccc3)CC(C1)N2OC(=O)c1ccccc1. The minimum Gasteiger partial charge on any atom is -0.373 e. The van der Waals surface area contributed by atoms with E-state index in [4.69, 9.17) is 9.57 Å². The highest BCUT2D eigenvalue weighted by atomic mass is 16.7. The van der Waals surface area contributed by atoms with Crippen LogP contribution in [0.5, 0.6) is 0 Å². The van der Waals surface area contributed by atoms with Gasteiger partial charge in [0.1, 0.15) is 5.78 Å². The first-order valence-electron chi connectivity index (χ1n) is 9.42. The first-order valence-corrected chi connectivity index (χ1v) is 9.42. The zero-order valence-electron chi connectivity index (χ0n) is 15.1. The maximum atomic E-state index is 12.4. The molecule has 2 heterocycles. The van der Waals surface area contributed by atoms with Gasteiger partial charge in [0.05, 0.1) is 30.4 Å². The van der Waals surface area contributed by atoms with E-state index in [1.165, 1.54) is 0 Å². The molecule has 2 saturated heterocycles. The number of nitrogens with zero attached hydrogens (tertiary/aromatic N) is 1. The highest BCUT2D eigenvalue weighted by molar-refractivity contribution is 5.89. The molecule has 4 rings (SSSR count). The Hall–Kier alpha value is -2.50. The third kappa shape index (κ3) is 4.26. The molecule has 2 aliphatic heterocycles. The molecule has 0 N–H and O–H groups in total. The summed E-state index contributed by atoms with van der Waals surface area (Å²) in [6.45, 7) is 0.558. The molecule has 140 valence electrons. The Balaban J connectivity index is 1.40. The van der Waals surface area contributed by atoms with Gasteiger partial charge in [-0.25, -0.2) is 4.79 Å². The van der Waals surface area contributed by atoms with Crippen LogP contribution >= 0.6 is 0 Å². The Kier molecular flexibility index (Phi) is 5.32. The molecule has 2 aromatic rings. The average molecular weight is 365 g/mol.